The molecule has 1 amide bonds. The molecule has 0 saturated carbocycles. The predicted octanol–water partition coefficient (Wildman–Crippen LogP) is 2.04. The number of hydrogen-bond donors (Lipinski definition) is 2. The first kappa shape index (κ1) is 12.9. The summed E-state index contributed by atoms with van der Waals surface area (Å²) in [4.78, 5) is 12.8. The molecular weight excluding hydrogens is 248 g/mol. The van der Waals surface area contributed by atoms with E-state index in [-0.39, 0.29) is 12.5 Å². The number of rotatable bonds is 4. The smallest absolute Gasteiger partial charge is 0.264 e. The van der Waals surface area contributed by atoms with Gasteiger partial charge in [0.1, 0.15) is 4.88 Å². The molecule has 2 N–H and O–H groups in total. The van der Waals surface area contributed by atoms with Crippen molar-refractivity contribution in [3.8, 4) is 5.69 Å². The van der Waals surface area contributed by atoms with E-state index in [1.807, 2.05) is 40.5 Å². The number of carbonyl (C=O) groups excluding carboxylic acids is 1. The highest BCUT2D eigenvalue weighted by molar-refractivity contribution is 7.12. The fraction of sp³-hybridized carbons (Fsp3) is 0.308. The Morgan fingerprint density at radius 2 is 2.11 bits per heavy atom. The third-order valence-electron chi connectivity index (χ3n) is 2.58. The van der Waals surface area contributed by atoms with E-state index >= 15 is 0 Å². The van der Waals surface area contributed by atoms with Crippen molar-refractivity contribution in [2.24, 2.45) is 0 Å². The Bertz CT molecular complexity index is 529. The first-order chi connectivity index (χ1) is 8.53. The van der Waals surface area contributed by atoms with E-state index in [0.29, 0.717) is 4.88 Å². The molecule has 0 fully saturated rings. The summed E-state index contributed by atoms with van der Waals surface area (Å²) in [6, 6.07) is 5.74. The van der Waals surface area contributed by atoms with Crippen molar-refractivity contribution in [3.05, 3.63) is 40.8 Å². The topological polar surface area (TPSA) is 54.3 Å². The first-order valence-corrected chi connectivity index (χ1v) is 6.56. The molecule has 5 heteroatoms. The highest BCUT2D eigenvalue weighted by Gasteiger charge is 2.22. The number of nitrogens with zero attached hydrogens (tertiary/aromatic N) is 1. The average molecular weight is 264 g/mol. The van der Waals surface area contributed by atoms with Crippen LogP contribution in [0.1, 0.15) is 23.5 Å². The van der Waals surface area contributed by atoms with Gasteiger partial charge in [0.2, 0.25) is 0 Å². The second-order valence-corrected chi connectivity index (χ2v) is 5.64. The largest absolute Gasteiger partial charge is 0.394 e. The van der Waals surface area contributed by atoms with Gasteiger partial charge in [0, 0.05) is 12.4 Å². The standard InChI is InChI=1S/C13H16N2O2S/c1-13(2,9-16)14-12(17)11-10(5-8-18-11)15-6-3-4-7-15/h3-8,16H,9H2,1-2H3,(H,14,17). The van der Waals surface area contributed by atoms with Crippen LogP contribution in [0.3, 0.4) is 0 Å². The summed E-state index contributed by atoms with van der Waals surface area (Å²) < 4.78 is 1.90. The molecule has 0 aliphatic heterocycles. The lowest BCUT2D eigenvalue weighted by molar-refractivity contribution is 0.0873. The predicted molar refractivity (Wildman–Crippen MR) is 72.3 cm³/mol. The van der Waals surface area contributed by atoms with Crippen LogP contribution in [0.4, 0.5) is 0 Å². The van der Waals surface area contributed by atoms with Gasteiger partial charge in [-0.05, 0) is 37.4 Å². The molecule has 0 atom stereocenters. The van der Waals surface area contributed by atoms with Crippen molar-refractivity contribution in [2.45, 2.75) is 19.4 Å². The third-order valence-corrected chi connectivity index (χ3v) is 3.48. The van der Waals surface area contributed by atoms with Crippen LogP contribution in [0.2, 0.25) is 0 Å². The van der Waals surface area contributed by atoms with Crippen LogP contribution in [0.15, 0.2) is 36.0 Å². The molecule has 18 heavy (non-hydrogen) atoms. The maximum absolute atomic E-state index is 12.2. The van der Waals surface area contributed by atoms with Gasteiger partial charge in [-0.15, -0.1) is 11.3 Å². The fourth-order valence-corrected chi connectivity index (χ4v) is 2.36. The number of hydrogen-bond acceptors (Lipinski definition) is 3. The van der Waals surface area contributed by atoms with E-state index in [9.17, 15) is 9.90 Å². The lowest BCUT2D eigenvalue weighted by atomic mass is 10.1. The molecule has 0 saturated heterocycles. The fourth-order valence-electron chi connectivity index (χ4n) is 1.57. The average Bonchev–Trinajstić information content (AvgIpc) is 2.98. The molecule has 2 aromatic rings. The number of nitrogens with one attached hydrogen (secondary N) is 1. The van der Waals surface area contributed by atoms with Gasteiger partial charge < -0.3 is 15.0 Å². The lowest BCUT2D eigenvalue weighted by Gasteiger charge is -2.23. The Balaban J connectivity index is 2.25. The summed E-state index contributed by atoms with van der Waals surface area (Å²) in [5.74, 6) is -0.159. The zero-order valence-corrected chi connectivity index (χ0v) is 11.2. The van der Waals surface area contributed by atoms with Crippen LogP contribution < -0.4 is 5.32 Å². The summed E-state index contributed by atoms with van der Waals surface area (Å²) >= 11 is 1.39. The molecule has 0 spiro atoms. The normalized spacial score (nSPS) is 11.5. The molecule has 0 bridgehead atoms. The number of thiophene rings is 1. The molecule has 0 unspecified atom stereocenters. The van der Waals surface area contributed by atoms with Crippen LogP contribution in [-0.2, 0) is 0 Å². The van der Waals surface area contributed by atoms with Crippen LogP contribution in [0, 0.1) is 0 Å². The minimum absolute atomic E-state index is 0.0943. The number of carbonyl (C=O) groups is 1. The number of aromatic nitrogens is 1. The molecule has 4 nitrogen and oxygen atoms in total. The Labute approximate surface area is 110 Å². The molecule has 0 aromatic carbocycles. The second-order valence-electron chi connectivity index (χ2n) is 4.72. The summed E-state index contributed by atoms with van der Waals surface area (Å²) in [6.45, 7) is 3.48. The van der Waals surface area contributed by atoms with E-state index in [1.54, 1.807) is 13.8 Å². The lowest BCUT2D eigenvalue weighted by Crippen LogP contribution is -2.46. The summed E-state index contributed by atoms with van der Waals surface area (Å²) in [5, 5.41) is 13.9. The number of amides is 1. The van der Waals surface area contributed by atoms with Gasteiger partial charge in [0.25, 0.3) is 5.91 Å². The SMILES string of the molecule is CC(C)(CO)NC(=O)c1sccc1-n1cccc1. The van der Waals surface area contributed by atoms with E-state index in [4.69, 9.17) is 0 Å². The van der Waals surface area contributed by atoms with Gasteiger partial charge in [-0.3, -0.25) is 4.79 Å². The first-order valence-electron chi connectivity index (χ1n) is 5.68. The van der Waals surface area contributed by atoms with Crippen molar-refractivity contribution >= 4 is 17.2 Å². The Kier molecular flexibility index (Phi) is 3.54. The third kappa shape index (κ3) is 2.63. The van der Waals surface area contributed by atoms with Crippen molar-refractivity contribution in [1.82, 2.24) is 9.88 Å². The van der Waals surface area contributed by atoms with Gasteiger partial charge >= 0.3 is 0 Å². The minimum Gasteiger partial charge on any atom is -0.394 e. The van der Waals surface area contributed by atoms with Gasteiger partial charge in [0.15, 0.2) is 0 Å². The maximum atomic E-state index is 12.2. The molecule has 0 aliphatic carbocycles. The van der Waals surface area contributed by atoms with Gasteiger partial charge in [-0.2, -0.15) is 0 Å². The van der Waals surface area contributed by atoms with Crippen LogP contribution in [-0.4, -0.2) is 27.7 Å². The van der Waals surface area contributed by atoms with Crippen LogP contribution >= 0.6 is 11.3 Å². The van der Waals surface area contributed by atoms with Gasteiger partial charge in [-0.25, -0.2) is 0 Å². The zero-order chi connectivity index (χ0) is 13.2. The monoisotopic (exact) mass is 264 g/mol. The van der Waals surface area contributed by atoms with Crippen molar-refractivity contribution in [3.63, 3.8) is 0 Å². The molecule has 2 aromatic heterocycles. The molecular formula is C13H16N2O2S. The van der Waals surface area contributed by atoms with E-state index < -0.39 is 5.54 Å². The van der Waals surface area contributed by atoms with E-state index in [0.717, 1.165) is 5.69 Å². The quantitative estimate of drug-likeness (QED) is 0.888. The Hall–Kier alpha value is -1.59. The summed E-state index contributed by atoms with van der Waals surface area (Å²) in [7, 11) is 0. The molecule has 0 radical (unpaired) electrons. The maximum Gasteiger partial charge on any atom is 0.264 e. The van der Waals surface area contributed by atoms with Crippen molar-refractivity contribution in [2.75, 3.05) is 6.61 Å². The van der Waals surface area contributed by atoms with Crippen LogP contribution in [0.25, 0.3) is 5.69 Å². The second kappa shape index (κ2) is 4.96. The van der Waals surface area contributed by atoms with Crippen LogP contribution in [0.5, 0.6) is 0 Å². The van der Waals surface area contributed by atoms with Crippen molar-refractivity contribution in [1.29, 1.82) is 0 Å². The Morgan fingerprint density at radius 1 is 1.44 bits per heavy atom. The molecule has 2 heterocycles. The van der Waals surface area contributed by atoms with E-state index in [2.05, 4.69) is 5.32 Å². The summed E-state index contributed by atoms with van der Waals surface area (Å²) in [6.07, 6.45) is 3.80. The molecule has 2 rings (SSSR count). The number of aliphatic hydroxyl groups is 1. The van der Waals surface area contributed by atoms with E-state index in [1.165, 1.54) is 11.3 Å². The summed E-state index contributed by atoms with van der Waals surface area (Å²) in [5.41, 5.74) is 0.242. The highest BCUT2D eigenvalue weighted by atomic mass is 32.1. The van der Waals surface area contributed by atoms with Gasteiger partial charge in [0.05, 0.1) is 17.8 Å². The highest BCUT2D eigenvalue weighted by Crippen LogP contribution is 2.21. The van der Waals surface area contributed by atoms with Gasteiger partial charge in [-0.1, -0.05) is 0 Å². The molecule has 96 valence electrons. The Morgan fingerprint density at radius 3 is 2.72 bits per heavy atom. The van der Waals surface area contributed by atoms with Crippen molar-refractivity contribution < 1.29 is 9.90 Å². The number of aliphatic hydroxyl groups excluding tert-OH is 1. The minimum atomic E-state index is -0.616. The molecule has 0 aliphatic rings. The zero-order valence-electron chi connectivity index (χ0n) is 10.4.